The summed E-state index contributed by atoms with van der Waals surface area (Å²) >= 11 is 0. The zero-order valence-corrected chi connectivity index (χ0v) is 22.8. The SMILES string of the molecule is CO/C=C1\c2ccccc2-c2c1c1c3cc(-n4c5ccccc5c5cccc(C)c54)ccc3[nH]c1c1ccccc21. The number of H-pyrrole nitrogens is 1. The van der Waals surface area contributed by atoms with Crippen LogP contribution in [0.5, 0.6) is 0 Å². The molecule has 0 bridgehead atoms. The lowest BCUT2D eigenvalue weighted by molar-refractivity contribution is 0.340. The van der Waals surface area contributed by atoms with Crippen LogP contribution in [0, 0.1) is 6.92 Å². The van der Waals surface area contributed by atoms with Crippen LogP contribution in [-0.2, 0) is 4.74 Å². The molecule has 0 saturated heterocycles. The molecule has 0 radical (unpaired) electrons. The second-order valence-electron chi connectivity index (χ2n) is 11.0. The van der Waals surface area contributed by atoms with Crippen molar-refractivity contribution in [3.63, 3.8) is 0 Å². The van der Waals surface area contributed by atoms with Crippen LogP contribution in [0.4, 0.5) is 0 Å². The molecular weight excluding hydrogens is 500 g/mol. The molecule has 6 aromatic carbocycles. The van der Waals surface area contributed by atoms with E-state index in [-0.39, 0.29) is 0 Å². The van der Waals surface area contributed by atoms with Crippen molar-refractivity contribution in [1.82, 2.24) is 9.55 Å². The average Bonchev–Trinajstić information content (AvgIpc) is 3.66. The summed E-state index contributed by atoms with van der Waals surface area (Å²) < 4.78 is 8.14. The Labute approximate surface area is 236 Å². The van der Waals surface area contributed by atoms with E-state index >= 15 is 0 Å². The third kappa shape index (κ3) is 2.87. The Hall–Kier alpha value is -5.28. The van der Waals surface area contributed by atoms with Crippen molar-refractivity contribution in [3.05, 3.63) is 132 Å². The van der Waals surface area contributed by atoms with Gasteiger partial charge < -0.3 is 14.3 Å². The maximum absolute atomic E-state index is 5.70. The summed E-state index contributed by atoms with van der Waals surface area (Å²) in [5.41, 5.74) is 13.3. The number of methoxy groups -OCH3 is 1. The van der Waals surface area contributed by atoms with Crippen LogP contribution < -0.4 is 0 Å². The van der Waals surface area contributed by atoms with Crippen molar-refractivity contribution in [3.8, 4) is 16.8 Å². The van der Waals surface area contributed by atoms with E-state index in [2.05, 4.69) is 126 Å². The van der Waals surface area contributed by atoms with Gasteiger partial charge in [0.2, 0.25) is 0 Å². The largest absolute Gasteiger partial charge is 0.504 e. The smallest absolute Gasteiger partial charge is 0.0909 e. The summed E-state index contributed by atoms with van der Waals surface area (Å²) in [5, 5.41) is 7.51. The summed E-state index contributed by atoms with van der Waals surface area (Å²) in [6.45, 7) is 2.21. The minimum absolute atomic E-state index is 1.13. The van der Waals surface area contributed by atoms with Crippen LogP contribution in [0.3, 0.4) is 0 Å². The fourth-order valence-corrected chi connectivity index (χ4v) is 7.28. The van der Waals surface area contributed by atoms with Gasteiger partial charge in [0.1, 0.15) is 0 Å². The number of para-hydroxylation sites is 2. The molecule has 8 aromatic rings. The Kier molecular flexibility index (Phi) is 4.46. The first-order valence-corrected chi connectivity index (χ1v) is 14.1. The third-order valence-electron chi connectivity index (χ3n) is 8.89. The molecule has 3 nitrogen and oxygen atoms in total. The highest BCUT2D eigenvalue weighted by atomic mass is 16.5. The van der Waals surface area contributed by atoms with E-state index in [9.17, 15) is 0 Å². The number of ether oxygens (including phenoxy) is 1. The van der Waals surface area contributed by atoms with Crippen molar-refractivity contribution in [2.24, 2.45) is 0 Å². The van der Waals surface area contributed by atoms with Gasteiger partial charge in [-0.25, -0.2) is 0 Å². The first-order valence-electron chi connectivity index (χ1n) is 14.1. The van der Waals surface area contributed by atoms with Gasteiger partial charge in [-0.2, -0.15) is 0 Å². The molecule has 0 amide bonds. The Balaban J connectivity index is 1.46. The van der Waals surface area contributed by atoms with E-state index in [1.165, 1.54) is 76.7 Å². The topological polar surface area (TPSA) is 29.9 Å². The van der Waals surface area contributed by atoms with Gasteiger partial charge in [-0.3, -0.25) is 0 Å². The Morgan fingerprint density at radius 2 is 1.39 bits per heavy atom. The van der Waals surface area contributed by atoms with Gasteiger partial charge in [0.15, 0.2) is 0 Å². The fourth-order valence-electron chi connectivity index (χ4n) is 7.28. The second-order valence-corrected chi connectivity index (χ2v) is 11.0. The number of nitrogens with zero attached hydrogens (tertiary/aromatic N) is 1. The summed E-state index contributed by atoms with van der Waals surface area (Å²) in [7, 11) is 1.74. The molecule has 1 aliphatic rings. The van der Waals surface area contributed by atoms with E-state index < -0.39 is 0 Å². The van der Waals surface area contributed by atoms with Crippen LogP contribution in [0.15, 0.2) is 115 Å². The highest BCUT2D eigenvalue weighted by Gasteiger charge is 2.30. The predicted molar refractivity (Wildman–Crippen MR) is 172 cm³/mol. The lowest BCUT2D eigenvalue weighted by Gasteiger charge is -2.12. The number of nitrogens with one attached hydrogen (secondary N) is 1. The number of hydrogen-bond acceptors (Lipinski definition) is 1. The summed E-state index contributed by atoms with van der Waals surface area (Å²) in [4.78, 5) is 3.82. The van der Waals surface area contributed by atoms with Gasteiger partial charge in [0.25, 0.3) is 0 Å². The molecule has 2 heterocycles. The molecule has 0 spiro atoms. The Morgan fingerprint density at radius 1 is 0.659 bits per heavy atom. The molecule has 0 unspecified atom stereocenters. The molecule has 0 fully saturated rings. The van der Waals surface area contributed by atoms with Gasteiger partial charge >= 0.3 is 0 Å². The molecule has 2 aromatic heterocycles. The molecule has 9 rings (SSSR count). The number of rotatable bonds is 2. The molecule has 1 aliphatic carbocycles. The zero-order valence-electron chi connectivity index (χ0n) is 22.8. The maximum atomic E-state index is 5.70. The second kappa shape index (κ2) is 8.12. The van der Waals surface area contributed by atoms with E-state index in [4.69, 9.17) is 4.74 Å². The maximum Gasteiger partial charge on any atom is 0.0909 e. The van der Waals surface area contributed by atoms with E-state index in [1.54, 1.807) is 7.11 Å². The zero-order chi connectivity index (χ0) is 27.2. The standard InChI is InChI=1S/C38H26N2O/c1-22-10-9-16-29-25-12-7-8-17-33(25)40(38(22)29)23-18-19-32-30(20-23)36-35-31(21-41-2)24-11-3-4-13-26(24)34(35)27-14-5-6-15-28(27)37(36)39-32/h3-21,39H,1-2H3/b31-21+. The van der Waals surface area contributed by atoms with Gasteiger partial charge in [-0.1, -0.05) is 84.9 Å². The van der Waals surface area contributed by atoms with Gasteiger partial charge in [0.05, 0.1) is 29.9 Å². The van der Waals surface area contributed by atoms with Crippen LogP contribution >= 0.6 is 0 Å². The highest BCUT2D eigenvalue weighted by molar-refractivity contribution is 6.29. The van der Waals surface area contributed by atoms with Crippen molar-refractivity contribution in [2.75, 3.05) is 7.11 Å². The minimum Gasteiger partial charge on any atom is -0.504 e. The average molecular weight is 527 g/mol. The molecule has 0 saturated carbocycles. The number of aryl methyl sites for hydroxylation is 1. The normalized spacial score (nSPS) is 13.7. The predicted octanol–water partition coefficient (Wildman–Crippen LogP) is 9.90. The number of benzene rings is 6. The minimum atomic E-state index is 1.13. The van der Waals surface area contributed by atoms with Crippen molar-refractivity contribution < 1.29 is 4.74 Å². The number of aromatic amines is 1. The number of hydrogen-bond donors (Lipinski definition) is 1. The van der Waals surface area contributed by atoms with Crippen molar-refractivity contribution in [1.29, 1.82) is 0 Å². The Morgan fingerprint density at radius 3 is 2.24 bits per heavy atom. The molecule has 3 heteroatoms. The lowest BCUT2D eigenvalue weighted by Crippen LogP contribution is -1.95. The van der Waals surface area contributed by atoms with Gasteiger partial charge in [0, 0.05) is 49.3 Å². The monoisotopic (exact) mass is 526 g/mol. The summed E-state index contributed by atoms with van der Waals surface area (Å²) in [6, 6.07) is 39.7. The molecule has 41 heavy (non-hydrogen) atoms. The van der Waals surface area contributed by atoms with Crippen LogP contribution in [-0.4, -0.2) is 16.7 Å². The number of aromatic nitrogens is 2. The molecule has 1 N–H and O–H groups in total. The quantitative estimate of drug-likeness (QED) is 0.223. The lowest BCUT2D eigenvalue weighted by atomic mass is 9.92. The Bertz CT molecular complexity index is 2420. The molecule has 0 atom stereocenters. The van der Waals surface area contributed by atoms with Gasteiger partial charge in [-0.05, 0) is 58.8 Å². The third-order valence-corrected chi connectivity index (χ3v) is 8.89. The van der Waals surface area contributed by atoms with E-state index in [1.807, 2.05) is 6.26 Å². The number of fused-ring (bicyclic) bond motifs is 13. The van der Waals surface area contributed by atoms with Crippen LogP contribution in [0.25, 0.3) is 76.8 Å². The van der Waals surface area contributed by atoms with Crippen molar-refractivity contribution >= 4 is 60.0 Å². The van der Waals surface area contributed by atoms with Crippen LogP contribution in [0.1, 0.15) is 16.7 Å². The summed E-state index contributed by atoms with van der Waals surface area (Å²) in [6.07, 6.45) is 1.91. The molecule has 194 valence electrons. The first-order chi connectivity index (χ1) is 20.2. The molecular formula is C38H26N2O. The fraction of sp³-hybridized carbons (Fsp3) is 0.0526. The molecule has 0 aliphatic heterocycles. The highest BCUT2D eigenvalue weighted by Crippen LogP contribution is 2.52. The van der Waals surface area contributed by atoms with E-state index in [0.29, 0.717) is 0 Å². The van der Waals surface area contributed by atoms with Crippen LogP contribution in [0.2, 0.25) is 0 Å². The summed E-state index contributed by atoms with van der Waals surface area (Å²) in [5.74, 6) is 0. The van der Waals surface area contributed by atoms with Crippen molar-refractivity contribution in [2.45, 2.75) is 6.92 Å². The first kappa shape index (κ1) is 22.5. The van der Waals surface area contributed by atoms with Gasteiger partial charge in [-0.15, -0.1) is 0 Å². The van der Waals surface area contributed by atoms with E-state index in [0.717, 1.165) is 16.8 Å².